The Morgan fingerprint density at radius 1 is 1.24 bits per heavy atom. The van der Waals surface area contributed by atoms with Crippen LogP contribution in [0.2, 0.25) is 0 Å². The fourth-order valence-corrected chi connectivity index (χ4v) is 1.42. The van der Waals surface area contributed by atoms with Gasteiger partial charge in [0.25, 0.3) is 0 Å². The molecule has 1 aromatic rings. The highest BCUT2D eigenvalue weighted by atomic mass is 19.4. The van der Waals surface area contributed by atoms with Crippen LogP contribution in [0.25, 0.3) is 0 Å². The van der Waals surface area contributed by atoms with Crippen LogP contribution in [0.5, 0.6) is 0 Å². The molecule has 0 atom stereocenters. The molecule has 0 saturated heterocycles. The number of nitrogens with zero attached hydrogens (tertiary/aromatic N) is 3. The lowest BCUT2D eigenvalue weighted by molar-refractivity contribution is -0.322. The number of ether oxygens (including phenoxy) is 1. The van der Waals surface area contributed by atoms with Gasteiger partial charge in [0, 0.05) is 12.7 Å². The summed E-state index contributed by atoms with van der Waals surface area (Å²) in [6, 6.07) is 0. The van der Waals surface area contributed by atoms with E-state index in [1.807, 2.05) is 6.92 Å². The number of halogens is 6. The number of aromatic nitrogens is 3. The summed E-state index contributed by atoms with van der Waals surface area (Å²) in [5.41, 5.74) is 0.528. The summed E-state index contributed by atoms with van der Waals surface area (Å²) in [4.78, 5) is 0. The molecular formula is C10H14F6N4O. The molecular weight excluding hydrogens is 306 g/mol. The highest BCUT2D eigenvalue weighted by Crippen LogP contribution is 2.35. The van der Waals surface area contributed by atoms with Gasteiger partial charge in [-0.15, -0.1) is 5.10 Å². The Balaban J connectivity index is 2.49. The van der Waals surface area contributed by atoms with Gasteiger partial charge < -0.3 is 10.1 Å². The van der Waals surface area contributed by atoms with Gasteiger partial charge in [-0.25, -0.2) is 4.68 Å². The smallest absolute Gasteiger partial charge is 0.359 e. The van der Waals surface area contributed by atoms with Gasteiger partial charge in [-0.3, -0.25) is 0 Å². The van der Waals surface area contributed by atoms with Crippen molar-refractivity contribution in [1.82, 2.24) is 20.3 Å². The quantitative estimate of drug-likeness (QED) is 0.780. The standard InChI is InChI=1S/C10H14F6N4O/c1-2-17-5-7-6-20(19-18-7)3-4-21-8(9(11,12)13)10(14,15)16/h6,8,17H,2-5H2,1H3. The average molecular weight is 320 g/mol. The fourth-order valence-electron chi connectivity index (χ4n) is 1.42. The largest absolute Gasteiger partial charge is 0.423 e. The Bertz CT molecular complexity index is 416. The summed E-state index contributed by atoms with van der Waals surface area (Å²) in [6.07, 6.45) is -13.4. The summed E-state index contributed by atoms with van der Waals surface area (Å²) < 4.78 is 78.2. The highest BCUT2D eigenvalue weighted by Gasteiger charge is 2.57. The molecule has 21 heavy (non-hydrogen) atoms. The predicted octanol–water partition coefficient (Wildman–Crippen LogP) is 1.90. The lowest BCUT2D eigenvalue weighted by Crippen LogP contribution is -2.44. The Kier molecular flexibility index (Phi) is 5.96. The minimum atomic E-state index is -5.50. The van der Waals surface area contributed by atoms with Crippen LogP contribution < -0.4 is 5.32 Å². The molecule has 0 bridgehead atoms. The van der Waals surface area contributed by atoms with Gasteiger partial charge in [-0.2, -0.15) is 26.3 Å². The fraction of sp³-hybridized carbons (Fsp3) is 0.800. The first-order valence-corrected chi connectivity index (χ1v) is 5.99. The van der Waals surface area contributed by atoms with E-state index < -0.39 is 25.1 Å². The lowest BCUT2D eigenvalue weighted by atomic mass is 10.3. The molecule has 0 amide bonds. The van der Waals surface area contributed by atoms with Crippen molar-refractivity contribution in [3.05, 3.63) is 11.9 Å². The molecule has 11 heteroatoms. The van der Waals surface area contributed by atoms with E-state index in [2.05, 4.69) is 20.4 Å². The van der Waals surface area contributed by atoms with Crippen LogP contribution in [-0.2, 0) is 17.8 Å². The van der Waals surface area contributed by atoms with E-state index in [-0.39, 0.29) is 6.54 Å². The molecule has 122 valence electrons. The number of rotatable bonds is 7. The minimum Gasteiger partial charge on any atom is -0.359 e. The van der Waals surface area contributed by atoms with E-state index in [0.717, 1.165) is 4.68 Å². The zero-order valence-corrected chi connectivity index (χ0v) is 11.0. The van der Waals surface area contributed by atoms with Gasteiger partial charge in [-0.1, -0.05) is 12.1 Å². The van der Waals surface area contributed by atoms with Crippen molar-refractivity contribution in [2.75, 3.05) is 13.2 Å². The lowest BCUT2D eigenvalue weighted by Gasteiger charge is -2.22. The summed E-state index contributed by atoms with van der Waals surface area (Å²) >= 11 is 0. The van der Waals surface area contributed by atoms with E-state index in [0.29, 0.717) is 18.8 Å². The maximum Gasteiger partial charge on any atom is 0.423 e. The van der Waals surface area contributed by atoms with Crippen molar-refractivity contribution in [3.8, 4) is 0 Å². The molecule has 1 N–H and O–H groups in total. The second kappa shape index (κ2) is 7.07. The molecule has 0 aliphatic carbocycles. The topological polar surface area (TPSA) is 52.0 Å². The maximum absolute atomic E-state index is 12.2. The second-order valence-electron chi connectivity index (χ2n) is 4.09. The van der Waals surface area contributed by atoms with Crippen LogP contribution in [0.1, 0.15) is 12.6 Å². The van der Waals surface area contributed by atoms with Gasteiger partial charge in [0.2, 0.25) is 6.10 Å². The van der Waals surface area contributed by atoms with Crippen molar-refractivity contribution in [2.45, 2.75) is 38.5 Å². The Morgan fingerprint density at radius 2 is 1.86 bits per heavy atom. The Hall–Kier alpha value is -1.36. The second-order valence-corrected chi connectivity index (χ2v) is 4.09. The van der Waals surface area contributed by atoms with Crippen molar-refractivity contribution in [3.63, 3.8) is 0 Å². The number of nitrogens with one attached hydrogen (secondary N) is 1. The normalized spacial score (nSPS) is 13.1. The number of alkyl halides is 6. The van der Waals surface area contributed by atoms with Crippen molar-refractivity contribution < 1.29 is 31.1 Å². The molecule has 0 aromatic carbocycles. The first-order chi connectivity index (χ1) is 9.64. The van der Waals surface area contributed by atoms with Gasteiger partial charge in [0.1, 0.15) is 0 Å². The van der Waals surface area contributed by atoms with Crippen molar-refractivity contribution in [1.29, 1.82) is 0 Å². The van der Waals surface area contributed by atoms with E-state index in [4.69, 9.17) is 0 Å². The predicted molar refractivity (Wildman–Crippen MR) is 59.3 cm³/mol. The van der Waals surface area contributed by atoms with Crippen LogP contribution in [0.15, 0.2) is 6.20 Å². The van der Waals surface area contributed by atoms with Gasteiger partial charge in [0.15, 0.2) is 0 Å². The monoisotopic (exact) mass is 320 g/mol. The average Bonchev–Trinajstić information content (AvgIpc) is 2.76. The summed E-state index contributed by atoms with van der Waals surface area (Å²) in [6.45, 7) is 1.92. The van der Waals surface area contributed by atoms with E-state index in [9.17, 15) is 26.3 Å². The molecule has 0 unspecified atom stereocenters. The van der Waals surface area contributed by atoms with Gasteiger partial charge in [-0.05, 0) is 6.54 Å². The molecule has 0 fully saturated rings. The van der Waals surface area contributed by atoms with Crippen LogP contribution in [0.4, 0.5) is 26.3 Å². The van der Waals surface area contributed by atoms with Crippen LogP contribution in [-0.4, -0.2) is 46.6 Å². The van der Waals surface area contributed by atoms with Crippen LogP contribution in [0, 0.1) is 0 Å². The highest BCUT2D eigenvalue weighted by molar-refractivity contribution is 4.91. The molecule has 5 nitrogen and oxygen atoms in total. The Labute approximate surface area is 116 Å². The SMILES string of the molecule is CCNCc1cn(CCOC(C(F)(F)F)C(F)(F)F)nn1. The summed E-state index contributed by atoms with van der Waals surface area (Å²) in [7, 11) is 0. The maximum atomic E-state index is 12.2. The van der Waals surface area contributed by atoms with E-state index in [1.54, 1.807) is 0 Å². The van der Waals surface area contributed by atoms with Crippen LogP contribution in [0.3, 0.4) is 0 Å². The zero-order chi connectivity index (χ0) is 16.1. The first-order valence-electron chi connectivity index (χ1n) is 5.99. The van der Waals surface area contributed by atoms with Crippen LogP contribution >= 0.6 is 0 Å². The van der Waals surface area contributed by atoms with Gasteiger partial charge >= 0.3 is 12.4 Å². The van der Waals surface area contributed by atoms with E-state index >= 15 is 0 Å². The molecule has 0 spiro atoms. The zero-order valence-electron chi connectivity index (χ0n) is 11.0. The van der Waals surface area contributed by atoms with Crippen molar-refractivity contribution in [2.24, 2.45) is 0 Å². The van der Waals surface area contributed by atoms with Crippen molar-refractivity contribution >= 4 is 0 Å². The molecule has 1 heterocycles. The first kappa shape index (κ1) is 17.7. The molecule has 1 rings (SSSR count). The third kappa shape index (κ3) is 5.87. The summed E-state index contributed by atoms with van der Waals surface area (Å²) in [5, 5.41) is 10.2. The molecule has 0 radical (unpaired) electrons. The third-order valence-corrected chi connectivity index (χ3v) is 2.34. The molecule has 1 aromatic heterocycles. The molecule has 0 aliphatic heterocycles. The molecule has 0 saturated carbocycles. The number of hydrogen-bond acceptors (Lipinski definition) is 4. The van der Waals surface area contributed by atoms with Gasteiger partial charge in [0.05, 0.1) is 18.8 Å². The summed E-state index contributed by atoms with van der Waals surface area (Å²) in [5.74, 6) is 0. The Morgan fingerprint density at radius 3 is 2.38 bits per heavy atom. The van der Waals surface area contributed by atoms with E-state index in [1.165, 1.54) is 6.20 Å². The third-order valence-electron chi connectivity index (χ3n) is 2.34. The number of hydrogen-bond donors (Lipinski definition) is 1. The minimum absolute atomic E-state index is 0.262. The molecule has 0 aliphatic rings.